The van der Waals surface area contributed by atoms with Crippen molar-refractivity contribution in [1.82, 2.24) is 0 Å². The van der Waals surface area contributed by atoms with Crippen LogP contribution in [0.1, 0.15) is 25.3 Å². The van der Waals surface area contributed by atoms with Crippen LogP contribution in [0.15, 0.2) is 23.6 Å². The Morgan fingerprint density at radius 1 is 1.31 bits per heavy atom. The third kappa shape index (κ3) is 1.35. The number of rotatable bonds is 1. The van der Waals surface area contributed by atoms with Crippen molar-refractivity contribution in [2.24, 2.45) is 0 Å². The van der Waals surface area contributed by atoms with E-state index in [1.807, 2.05) is 18.2 Å². The lowest BCUT2D eigenvalue weighted by Gasteiger charge is -2.06. The number of thiophene rings is 1. The van der Waals surface area contributed by atoms with Gasteiger partial charge in [0, 0.05) is 15.5 Å². The minimum Gasteiger partial charge on any atom is -0.205 e. The van der Waals surface area contributed by atoms with Gasteiger partial charge in [-0.05, 0) is 17.5 Å². The normalized spacial score (nSPS) is 11.4. The largest absolute Gasteiger partial charge is 0.205 e. The van der Waals surface area contributed by atoms with E-state index in [1.54, 1.807) is 5.38 Å². The lowest BCUT2D eigenvalue weighted by molar-refractivity contribution is 0.642. The van der Waals surface area contributed by atoms with E-state index in [1.165, 1.54) is 11.3 Å². The molecule has 0 atom stereocenters. The van der Waals surface area contributed by atoms with E-state index >= 15 is 0 Å². The molecule has 0 aliphatic heterocycles. The molecule has 0 spiro atoms. The Balaban J connectivity index is 2.80. The predicted molar refractivity (Wildman–Crippen MR) is 55.9 cm³/mol. The van der Waals surface area contributed by atoms with Crippen LogP contribution in [0.25, 0.3) is 10.1 Å². The van der Waals surface area contributed by atoms with E-state index in [4.69, 9.17) is 0 Å². The molecule has 1 aromatic carbocycles. The van der Waals surface area contributed by atoms with Crippen molar-refractivity contribution in [1.29, 1.82) is 0 Å². The topological polar surface area (TPSA) is 0 Å². The van der Waals surface area contributed by atoms with E-state index < -0.39 is 0 Å². The molecule has 2 rings (SSSR count). The molecule has 0 N–H and O–H groups in total. The molecule has 1 heterocycles. The van der Waals surface area contributed by atoms with E-state index in [0.717, 1.165) is 15.6 Å². The third-order valence-corrected chi connectivity index (χ3v) is 3.13. The van der Waals surface area contributed by atoms with Gasteiger partial charge in [-0.1, -0.05) is 26.0 Å². The zero-order chi connectivity index (χ0) is 9.42. The molecule has 1 aromatic heterocycles. The quantitative estimate of drug-likeness (QED) is 0.639. The molecule has 0 saturated heterocycles. The molecular weight excluding hydrogens is 183 g/mol. The highest BCUT2D eigenvalue weighted by molar-refractivity contribution is 7.17. The highest BCUT2D eigenvalue weighted by Gasteiger charge is 2.10. The van der Waals surface area contributed by atoms with Gasteiger partial charge in [0.05, 0.1) is 0 Å². The van der Waals surface area contributed by atoms with Crippen LogP contribution in [0.5, 0.6) is 0 Å². The Morgan fingerprint density at radius 2 is 2.08 bits per heavy atom. The molecule has 68 valence electrons. The first-order valence-electron chi connectivity index (χ1n) is 4.35. The fraction of sp³-hybridized carbons (Fsp3) is 0.273. The smallest absolute Gasteiger partial charge is 0.142 e. The van der Waals surface area contributed by atoms with Crippen molar-refractivity contribution in [2.75, 3.05) is 0 Å². The molecule has 0 fully saturated rings. The fourth-order valence-electron chi connectivity index (χ4n) is 1.56. The molecule has 0 unspecified atom stereocenters. The van der Waals surface area contributed by atoms with E-state index in [-0.39, 0.29) is 5.82 Å². The molecule has 0 amide bonds. The molecule has 0 nitrogen and oxygen atoms in total. The van der Waals surface area contributed by atoms with Gasteiger partial charge in [-0.25, -0.2) is 4.39 Å². The fourth-order valence-corrected chi connectivity index (χ4v) is 2.40. The zero-order valence-corrected chi connectivity index (χ0v) is 8.49. The monoisotopic (exact) mass is 194 g/mol. The van der Waals surface area contributed by atoms with Gasteiger partial charge in [-0.3, -0.25) is 0 Å². The van der Waals surface area contributed by atoms with Gasteiger partial charge in [0.15, 0.2) is 0 Å². The molecule has 0 aliphatic rings. The maximum atomic E-state index is 13.4. The van der Waals surface area contributed by atoms with Crippen LogP contribution in [0.2, 0.25) is 0 Å². The Kier molecular flexibility index (Phi) is 2.08. The van der Waals surface area contributed by atoms with Crippen LogP contribution < -0.4 is 0 Å². The van der Waals surface area contributed by atoms with Crippen molar-refractivity contribution >= 4 is 21.4 Å². The van der Waals surface area contributed by atoms with Crippen LogP contribution in [-0.2, 0) is 0 Å². The van der Waals surface area contributed by atoms with Gasteiger partial charge in [-0.15, -0.1) is 11.3 Å². The summed E-state index contributed by atoms with van der Waals surface area (Å²) in [6.45, 7) is 4.18. The molecule has 2 aromatic rings. The average Bonchev–Trinajstić information content (AvgIpc) is 2.48. The van der Waals surface area contributed by atoms with Crippen molar-refractivity contribution in [3.05, 3.63) is 35.0 Å². The van der Waals surface area contributed by atoms with Gasteiger partial charge in [0.2, 0.25) is 0 Å². The lowest BCUT2D eigenvalue weighted by atomic mass is 10.00. The molecule has 0 bridgehead atoms. The van der Waals surface area contributed by atoms with Crippen LogP contribution in [-0.4, -0.2) is 0 Å². The summed E-state index contributed by atoms with van der Waals surface area (Å²) in [6.07, 6.45) is 0. The second-order valence-corrected chi connectivity index (χ2v) is 4.37. The Morgan fingerprint density at radius 3 is 2.77 bits per heavy atom. The zero-order valence-electron chi connectivity index (χ0n) is 7.67. The summed E-state index contributed by atoms with van der Waals surface area (Å²) in [5.74, 6) is 0.303. The Hall–Kier alpha value is -0.890. The van der Waals surface area contributed by atoms with Crippen LogP contribution in [0.3, 0.4) is 0 Å². The number of hydrogen-bond acceptors (Lipinski definition) is 1. The molecule has 0 radical (unpaired) electrons. The number of fused-ring (bicyclic) bond motifs is 1. The molecule has 2 heteroatoms. The summed E-state index contributed by atoms with van der Waals surface area (Å²) < 4.78 is 14.4. The minimum absolute atomic E-state index is 0.0794. The van der Waals surface area contributed by atoms with Crippen LogP contribution in [0.4, 0.5) is 4.39 Å². The number of benzene rings is 1. The summed E-state index contributed by atoms with van der Waals surface area (Å²) in [4.78, 5) is 0. The number of hydrogen-bond donors (Lipinski definition) is 0. The summed E-state index contributed by atoms with van der Waals surface area (Å²) >= 11 is 1.47. The van der Waals surface area contributed by atoms with E-state index in [0.29, 0.717) is 5.92 Å². The lowest BCUT2D eigenvalue weighted by Crippen LogP contribution is -1.88. The van der Waals surface area contributed by atoms with Gasteiger partial charge in [0.1, 0.15) is 5.82 Å². The maximum absolute atomic E-state index is 13.4. The second kappa shape index (κ2) is 3.11. The molecule has 0 saturated carbocycles. The summed E-state index contributed by atoms with van der Waals surface area (Å²) in [7, 11) is 0. The Labute approximate surface area is 81.0 Å². The van der Waals surface area contributed by atoms with Gasteiger partial charge < -0.3 is 0 Å². The first-order chi connectivity index (χ1) is 6.20. The third-order valence-electron chi connectivity index (χ3n) is 2.21. The molecule has 13 heavy (non-hydrogen) atoms. The SMILES string of the molecule is CC(C)c1cccc2scc(F)c12. The first-order valence-corrected chi connectivity index (χ1v) is 5.23. The van der Waals surface area contributed by atoms with Crippen LogP contribution in [0, 0.1) is 5.82 Å². The molecule has 0 aliphatic carbocycles. The van der Waals surface area contributed by atoms with Gasteiger partial charge in [0.25, 0.3) is 0 Å². The van der Waals surface area contributed by atoms with E-state index in [9.17, 15) is 4.39 Å². The summed E-state index contributed by atoms with van der Waals surface area (Å²) in [5.41, 5.74) is 1.11. The average molecular weight is 194 g/mol. The highest BCUT2D eigenvalue weighted by Crippen LogP contribution is 2.31. The minimum atomic E-state index is -0.0794. The van der Waals surface area contributed by atoms with E-state index in [2.05, 4.69) is 13.8 Å². The number of halogens is 1. The molecular formula is C11H11FS. The van der Waals surface area contributed by atoms with Crippen molar-refractivity contribution in [2.45, 2.75) is 19.8 Å². The Bertz CT molecular complexity index is 429. The maximum Gasteiger partial charge on any atom is 0.142 e. The summed E-state index contributed by atoms with van der Waals surface area (Å²) in [5, 5.41) is 2.39. The van der Waals surface area contributed by atoms with Gasteiger partial charge >= 0.3 is 0 Å². The summed E-state index contributed by atoms with van der Waals surface area (Å²) in [6, 6.07) is 5.96. The standard InChI is InChI=1S/C11H11FS/c1-7(2)8-4-3-5-10-11(8)9(12)6-13-10/h3-7H,1-2H3. The van der Waals surface area contributed by atoms with Crippen molar-refractivity contribution < 1.29 is 4.39 Å². The van der Waals surface area contributed by atoms with Crippen LogP contribution >= 0.6 is 11.3 Å². The predicted octanol–water partition coefficient (Wildman–Crippen LogP) is 4.16. The first kappa shape index (κ1) is 8.70. The van der Waals surface area contributed by atoms with Crippen molar-refractivity contribution in [3.8, 4) is 0 Å². The highest BCUT2D eigenvalue weighted by atomic mass is 32.1. The second-order valence-electron chi connectivity index (χ2n) is 3.46. The van der Waals surface area contributed by atoms with Gasteiger partial charge in [-0.2, -0.15) is 0 Å². The van der Waals surface area contributed by atoms with Crippen molar-refractivity contribution in [3.63, 3.8) is 0 Å².